The lowest BCUT2D eigenvalue weighted by atomic mass is 9.94. The number of esters is 1. The van der Waals surface area contributed by atoms with Crippen LogP contribution in [0.4, 0.5) is 0 Å². The molecule has 1 aliphatic carbocycles. The summed E-state index contributed by atoms with van der Waals surface area (Å²) in [6.45, 7) is 4.10. The largest absolute Gasteiger partial charge is 0.469 e. The zero-order chi connectivity index (χ0) is 12.0. The predicted molar refractivity (Wildman–Crippen MR) is 65.3 cm³/mol. The molecular weight excluding hydrogens is 202 g/mol. The second-order valence-corrected chi connectivity index (χ2v) is 5.06. The number of hydrogen-bond acceptors (Lipinski definition) is 3. The summed E-state index contributed by atoms with van der Waals surface area (Å²) in [5.41, 5.74) is 0. The molecule has 0 heterocycles. The molecule has 0 amide bonds. The van der Waals surface area contributed by atoms with Gasteiger partial charge in [0, 0.05) is 12.1 Å². The predicted octanol–water partition coefficient (Wildman–Crippen LogP) is 2.50. The average molecular weight is 227 g/mol. The normalized spacial score (nSPS) is 21.4. The highest BCUT2D eigenvalue weighted by molar-refractivity contribution is 5.71. The molecule has 2 unspecified atom stereocenters. The van der Waals surface area contributed by atoms with Crippen LogP contribution in [-0.4, -0.2) is 25.2 Å². The van der Waals surface area contributed by atoms with Crippen LogP contribution in [0.2, 0.25) is 0 Å². The molecule has 1 saturated carbocycles. The van der Waals surface area contributed by atoms with Crippen LogP contribution >= 0.6 is 0 Å². The van der Waals surface area contributed by atoms with Crippen molar-refractivity contribution in [2.24, 2.45) is 5.92 Å². The van der Waals surface area contributed by atoms with Crippen LogP contribution < -0.4 is 5.32 Å². The maximum absolute atomic E-state index is 11.3. The molecule has 3 heteroatoms. The highest BCUT2D eigenvalue weighted by atomic mass is 16.5. The smallest absolute Gasteiger partial charge is 0.308 e. The van der Waals surface area contributed by atoms with E-state index in [-0.39, 0.29) is 11.9 Å². The first-order valence-corrected chi connectivity index (χ1v) is 6.47. The molecule has 1 rings (SSSR count). The Morgan fingerprint density at radius 2 is 1.94 bits per heavy atom. The monoisotopic (exact) mass is 227 g/mol. The Morgan fingerprint density at radius 3 is 2.50 bits per heavy atom. The lowest BCUT2D eigenvalue weighted by molar-refractivity contribution is -0.145. The SMILES string of the molecule is COC(=O)C(C)CC(C)NC1CCCCC1. The average Bonchev–Trinajstić information content (AvgIpc) is 2.29. The minimum Gasteiger partial charge on any atom is -0.469 e. The highest BCUT2D eigenvalue weighted by Crippen LogP contribution is 2.19. The lowest BCUT2D eigenvalue weighted by Gasteiger charge is -2.27. The van der Waals surface area contributed by atoms with E-state index in [9.17, 15) is 4.79 Å². The molecular formula is C13H25NO2. The van der Waals surface area contributed by atoms with Crippen molar-refractivity contribution < 1.29 is 9.53 Å². The second-order valence-electron chi connectivity index (χ2n) is 5.06. The Kier molecular flexibility index (Phi) is 5.81. The fraction of sp³-hybridized carbons (Fsp3) is 0.923. The van der Waals surface area contributed by atoms with Crippen molar-refractivity contribution in [2.75, 3.05) is 7.11 Å². The first kappa shape index (κ1) is 13.5. The Bertz CT molecular complexity index is 212. The first-order chi connectivity index (χ1) is 7.63. The summed E-state index contributed by atoms with van der Waals surface area (Å²) in [4.78, 5) is 11.3. The van der Waals surface area contributed by atoms with Crippen LogP contribution in [0.15, 0.2) is 0 Å². The van der Waals surface area contributed by atoms with E-state index in [1.807, 2.05) is 6.92 Å². The van der Waals surface area contributed by atoms with Gasteiger partial charge >= 0.3 is 5.97 Å². The summed E-state index contributed by atoms with van der Waals surface area (Å²) in [7, 11) is 1.46. The maximum Gasteiger partial charge on any atom is 0.308 e. The van der Waals surface area contributed by atoms with Gasteiger partial charge in [0.1, 0.15) is 0 Å². The van der Waals surface area contributed by atoms with Gasteiger partial charge in [0.25, 0.3) is 0 Å². The molecule has 2 atom stereocenters. The molecule has 0 aromatic rings. The minimum absolute atomic E-state index is 0.00362. The van der Waals surface area contributed by atoms with Crippen LogP contribution in [0.25, 0.3) is 0 Å². The second kappa shape index (κ2) is 6.89. The van der Waals surface area contributed by atoms with Crippen molar-refractivity contribution in [2.45, 2.75) is 64.5 Å². The Labute approximate surface area is 98.9 Å². The fourth-order valence-corrected chi connectivity index (χ4v) is 2.57. The van der Waals surface area contributed by atoms with Crippen LogP contribution in [-0.2, 0) is 9.53 Å². The number of ether oxygens (including phenoxy) is 1. The van der Waals surface area contributed by atoms with E-state index >= 15 is 0 Å². The van der Waals surface area contributed by atoms with Gasteiger partial charge in [-0.1, -0.05) is 26.2 Å². The molecule has 94 valence electrons. The molecule has 0 aromatic heterocycles. The summed E-state index contributed by atoms with van der Waals surface area (Å²) in [6, 6.07) is 1.06. The third-order valence-electron chi connectivity index (χ3n) is 3.44. The van der Waals surface area contributed by atoms with Gasteiger partial charge in [-0.3, -0.25) is 4.79 Å². The van der Waals surface area contributed by atoms with E-state index in [0.717, 1.165) is 6.42 Å². The Hall–Kier alpha value is -0.570. The van der Waals surface area contributed by atoms with Gasteiger partial charge in [-0.25, -0.2) is 0 Å². The van der Waals surface area contributed by atoms with Crippen molar-refractivity contribution in [3.05, 3.63) is 0 Å². The van der Waals surface area contributed by atoms with Gasteiger partial charge in [0.2, 0.25) is 0 Å². The van der Waals surface area contributed by atoms with Crippen molar-refractivity contribution in [3.8, 4) is 0 Å². The maximum atomic E-state index is 11.3. The molecule has 1 N–H and O–H groups in total. The quantitative estimate of drug-likeness (QED) is 0.733. The van der Waals surface area contributed by atoms with Crippen LogP contribution in [0, 0.1) is 5.92 Å². The molecule has 16 heavy (non-hydrogen) atoms. The zero-order valence-corrected chi connectivity index (χ0v) is 10.8. The Balaban J connectivity index is 2.23. The van der Waals surface area contributed by atoms with Gasteiger partial charge in [0.15, 0.2) is 0 Å². The van der Waals surface area contributed by atoms with Crippen LogP contribution in [0.5, 0.6) is 0 Å². The van der Waals surface area contributed by atoms with E-state index < -0.39 is 0 Å². The van der Waals surface area contributed by atoms with Crippen LogP contribution in [0.3, 0.4) is 0 Å². The summed E-state index contributed by atoms with van der Waals surface area (Å²) in [5.74, 6) is -0.103. The summed E-state index contributed by atoms with van der Waals surface area (Å²) in [6.07, 6.45) is 7.51. The first-order valence-electron chi connectivity index (χ1n) is 6.47. The number of carbonyl (C=O) groups excluding carboxylic acids is 1. The number of methoxy groups -OCH3 is 1. The van der Waals surface area contributed by atoms with Gasteiger partial charge in [-0.05, 0) is 26.2 Å². The third kappa shape index (κ3) is 4.52. The molecule has 0 aliphatic heterocycles. The number of hydrogen-bond donors (Lipinski definition) is 1. The van der Waals surface area contributed by atoms with E-state index in [1.165, 1.54) is 39.2 Å². The molecule has 0 radical (unpaired) electrons. The van der Waals surface area contributed by atoms with Crippen LogP contribution in [0.1, 0.15) is 52.4 Å². The molecule has 3 nitrogen and oxygen atoms in total. The molecule has 0 saturated heterocycles. The molecule has 1 aliphatic rings. The van der Waals surface area contributed by atoms with Crippen molar-refractivity contribution in [1.29, 1.82) is 0 Å². The fourth-order valence-electron chi connectivity index (χ4n) is 2.57. The van der Waals surface area contributed by atoms with Crippen molar-refractivity contribution in [1.82, 2.24) is 5.32 Å². The highest BCUT2D eigenvalue weighted by Gasteiger charge is 2.20. The van der Waals surface area contributed by atoms with E-state index in [1.54, 1.807) is 0 Å². The molecule has 0 bridgehead atoms. The summed E-state index contributed by atoms with van der Waals surface area (Å²) < 4.78 is 4.74. The summed E-state index contributed by atoms with van der Waals surface area (Å²) in [5, 5.41) is 3.62. The number of carbonyl (C=O) groups is 1. The third-order valence-corrected chi connectivity index (χ3v) is 3.44. The van der Waals surface area contributed by atoms with E-state index in [4.69, 9.17) is 4.74 Å². The van der Waals surface area contributed by atoms with Crippen molar-refractivity contribution >= 4 is 5.97 Å². The molecule has 1 fully saturated rings. The lowest BCUT2D eigenvalue weighted by Crippen LogP contribution is -2.39. The number of rotatable bonds is 5. The van der Waals surface area contributed by atoms with Gasteiger partial charge < -0.3 is 10.1 Å². The standard InChI is InChI=1S/C13H25NO2/c1-10(13(15)16-3)9-11(2)14-12-7-5-4-6-8-12/h10-12,14H,4-9H2,1-3H3. The topological polar surface area (TPSA) is 38.3 Å². The molecule has 0 spiro atoms. The minimum atomic E-state index is -0.0997. The molecule has 0 aromatic carbocycles. The van der Waals surface area contributed by atoms with Gasteiger partial charge in [-0.2, -0.15) is 0 Å². The van der Waals surface area contributed by atoms with Crippen molar-refractivity contribution in [3.63, 3.8) is 0 Å². The summed E-state index contributed by atoms with van der Waals surface area (Å²) >= 11 is 0. The Morgan fingerprint density at radius 1 is 1.31 bits per heavy atom. The van der Waals surface area contributed by atoms with Gasteiger partial charge in [-0.15, -0.1) is 0 Å². The number of nitrogens with one attached hydrogen (secondary N) is 1. The van der Waals surface area contributed by atoms with Gasteiger partial charge in [0.05, 0.1) is 13.0 Å². The van der Waals surface area contributed by atoms with E-state index in [0.29, 0.717) is 12.1 Å². The van der Waals surface area contributed by atoms with E-state index in [2.05, 4.69) is 12.2 Å². The zero-order valence-electron chi connectivity index (χ0n) is 10.8.